The Kier molecular flexibility index (Phi) is 5.37. The molecule has 0 bridgehead atoms. The second-order valence-corrected chi connectivity index (χ2v) is 7.32. The van der Waals surface area contributed by atoms with Crippen molar-refractivity contribution in [3.05, 3.63) is 41.5 Å². The zero-order chi connectivity index (χ0) is 16.2. The standard InChI is InChI=1S/C16H21NO4S/c1-13-3-5-16(6-4-13)22(19,20)17-10-7-15(8-11-17)9-12-21-14(2)18/h3-6,9H,7-8,10-12H2,1-2H3. The van der Waals surface area contributed by atoms with Gasteiger partial charge in [0.1, 0.15) is 6.61 Å². The first kappa shape index (κ1) is 16.7. The van der Waals surface area contributed by atoms with E-state index in [4.69, 9.17) is 4.74 Å². The summed E-state index contributed by atoms with van der Waals surface area (Å²) in [5.41, 5.74) is 2.17. The largest absolute Gasteiger partial charge is 0.462 e. The van der Waals surface area contributed by atoms with Gasteiger partial charge in [-0.25, -0.2) is 8.42 Å². The van der Waals surface area contributed by atoms with Gasteiger partial charge in [0.25, 0.3) is 0 Å². The van der Waals surface area contributed by atoms with Gasteiger partial charge in [-0.2, -0.15) is 4.31 Å². The fourth-order valence-corrected chi connectivity index (χ4v) is 3.80. The number of hydrogen-bond donors (Lipinski definition) is 0. The van der Waals surface area contributed by atoms with Crippen LogP contribution in [0.2, 0.25) is 0 Å². The number of nitrogens with zero attached hydrogens (tertiary/aromatic N) is 1. The van der Waals surface area contributed by atoms with Gasteiger partial charge in [0.15, 0.2) is 0 Å². The molecule has 6 heteroatoms. The van der Waals surface area contributed by atoms with Crippen LogP contribution in [0.25, 0.3) is 0 Å². The van der Waals surface area contributed by atoms with Crippen molar-refractivity contribution in [2.75, 3.05) is 19.7 Å². The van der Waals surface area contributed by atoms with Gasteiger partial charge in [-0.05, 0) is 38.0 Å². The molecule has 0 N–H and O–H groups in total. The summed E-state index contributed by atoms with van der Waals surface area (Å²) < 4.78 is 31.5. The third-order valence-electron chi connectivity index (χ3n) is 3.68. The Morgan fingerprint density at radius 1 is 1.23 bits per heavy atom. The lowest BCUT2D eigenvalue weighted by atomic mass is 10.1. The normalized spacial score (nSPS) is 16.4. The molecule has 2 rings (SSSR count). The maximum Gasteiger partial charge on any atom is 0.302 e. The van der Waals surface area contributed by atoms with Gasteiger partial charge in [-0.3, -0.25) is 4.79 Å². The predicted molar refractivity (Wildman–Crippen MR) is 83.9 cm³/mol. The molecule has 0 spiro atoms. The molecule has 0 amide bonds. The number of carbonyl (C=O) groups is 1. The third-order valence-corrected chi connectivity index (χ3v) is 5.59. The molecule has 1 aliphatic rings. The first-order valence-electron chi connectivity index (χ1n) is 7.27. The quantitative estimate of drug-likeness (QED) is 0.630. The predicted octanol–water partition coefficient (Wildman–Crippen LogP) is 2.27. The highest BCUT2D eigenvalue weighted by Gasteiger charge is 2.26. The molecule has 0 aromatic heterocycles. The summed E-state index contributed by atoms with van der Waals surface area (Å²) in [6.07, 6.45) is 3.22. The van der Waals surface area contributed by atoms with Crippen molar-refractivity contribution in [3.8, 4) is 0 Å². The van der Waals surface area contributed by atoms with Crippen LogP contribution in [0, 0.1) is 6.92 Å². The van der Waals surface area contributed by atoms with Gasteiger partial charge in [-0.15, -0.1) is 0 Å². The third kappa shape index (κ3) is 4.18. The fourth-order valence-electron chi connectivity index (χ4n) is 2.35. The minimum Gasteiger partial charge on any atom is -0.462 e. The summed E-state index contributed by atoms with van der Waals surface area (Å²) in [4.78, 5) is 11.0. The highest BCUT2D eigenvalue weighted by molar-refractivity contribution is 7.89. The molecule has 1 aromatic rings. The summed E-state index contributed by atoms with van der Waals surface area (Å²) in [6.45, 7) is 4.48. The molecule has 1 aliphatic heterocycles. The molecular formula is C16H21NO4S. The summed E-state index contributed by atoms with van der Waals surface area (Å²) in [5.74, 6) is -0.309. The van der Waals surface area contributed by atoms with Crippen molar-refractivity contribution in [1.82, 2.24) is 4.31 Å². The summed E-state index contributed by atoms with van der Waals surface area (Å²) in [5, 5.41) is 0. The van der Waals surface area contributed by atoms with Crippen LogP contribution in [0.3, 0.4) is 0 Å². The van der Waals surface area contributed by atoms with E-state index >= 15 is 0 Å². The Morgan fingerprint density at radius 2 is 1.82 bits per heavy atom. The fraction of sp³-hybridized carbons (Fsp3) is 0.438. The molecule has 22 heavy (non-hydrogen) atoms. The van der Waals surface area contributed by atoms with Crippen molar-refractivity contribution in [3.63, 3.8) is 0 Å². The van der Waals surface area contributed by atoms with Crippen LogP contribution in [-0.4, -0.2) is 38.4 Å². The first-order valence-corrected chi connectivity index (χ1v) is 8.71. The number of aryl methyl sites for hydroxylation is 1. The van der Waals surface area contributed by atoms with E-state index < -0.39 is 10.0 Å². The average molecular weight is 323 g/mol. The van der Waals surface area contributed by atoms with Crippen LogP contribution in [0.4, 0.5) is 0 Å². The summed E-state index contributed by atoms with van der Waals surface area (Å²) in [7, 11) is -3.42. The van der Waals surface area contributed by atoms with Gasteiger partial charge in [0.05, 0.1) is 4.90 Å². The van der Waals surface area contributed by atoms with Crippen molar-refractivity contribution in [2.24, 2.45) is 0 Å². The van der Waals surface area contributed by atoms with Crippen molar-refractivity contribution in [1.29, 1.82) is 0 Å². The van der Waals surface area contributed by atoms with Gasteiger partial charge < -0.3 is 4.74 Å². The van der Waals surface area contributed by atoms with Crippen LogP contribution < -0.4 is 0 Å². The van der Waals surface area contributed by atoms with E-state index in [1.54, 1.807) is 24.3 Å². The number of piperidine rings is 1. The van der Waals surface area contributed by atoms with E-state index in [0.717, 1.165) is 11.1 Å². The first-order chi connectivity index (χ1) is 10.4. The maximum absolute atomic E-state index is 12.5. The Labute approximate surface area is 131 Å². The second kappa shape index (κ2) is 7.07. The molecule has 5 nitrogen and oxygen atoms in total. The molecule has 1 fully saturated rings. The Bertz CT molecular complexity index is 652. The van der Waals surface area contributed by atoms with Gasteiger partial charge in [-0.1, -0.05) is 23.3 Å². The van der Waals surface area contributed by atoms with E-state index in [9.17, 15) is 13.2 Å². The molecule has 0 atom stereocenters. The topological polar surface area (TPSA) is 63.7 Å². The Morgan fingerprint density at radius 3 is 2.36 bits per heavy atom. The summed E-state index contributed by atoms with van der Waals surface area (Å²) in [6, 6.07) is 6.91. The molecule has 0 unspecified atom stereocenters. The van der Waals surface area contributed by atoms with Gasteiger partial charge in [0.2, 0.25) is 10.0 Å². The van der Waals surface area contributed by atoms with Crippen LogP contribution >= 0.6 is 0 Å². The van der Waals surface area contributed by atoms with Crippen molar-refractivity contribution < 1.29 is 17.9 Å². The van der Waals surface area contributed by atoms with E-state index in [1.807, 2.05) is 13.0 Å². The number of ether oxygens (including phenoxy) is 1. The maximum atomic E-state index is 12.5. The molecule has 0 saturated carbocycles. The van der Waals surface area contributed by atoms with Crippen molar-refractivity contribution >= 4 is 16.0 Å². The Hall–Kier alpha value is -1.66. The SMILES string of the molecule is CC(=O)OCC=C1CCN(S(=O)(=O)c2ccc(C)cc2)CC1. The number of carbonyl (C=O) groups excluding carboxylic acids is 1. The molecule has 1 heterocycles. The minimum absolute atomic E-state index is 0.259. The van der Waals surface area contributed by atoms with E-state index in [2.05, 4.69) is 0 Å². The number of hydrogen-bond acceptors (Lipinski definition) is 4. The molecular weight excluding hydrogens is 302 g/mol. The molecule has 1 aromatic carbocycles. The number of esters is 1. The highest BCUT2D eigenvalue weighted by Crippen LogP contribution is 2.23. The van der Waals surface area contributed by atoms with Crippen LogP contribution in [0.1, 0.15) is 25.3 Å². The number of benzene rings is 1. The summed E-state index contributed by atoms with van der Waals surface area (Å²) >= 11 is 0. The van der Waals surface area contributed by atoms with E-state index in [-0.39, 0.29) is 12.6 Å². The smallest absolute Gasteiger partial charge is 0.302 e. The van der Waals surface area contributed by atoms with Crippen molar-refractivity contribution in [2.45, 2.75) is 31.6 Å². The molecule has 0 aliphatic carbocycles. The van der Waals surface area contributed by atoms with Crippen LogP contribution in [-0.2, 0) is 19.6 Å². The zero-order valence-corrected chi connectivity index (χ0v) is 13.7. The minimum atomic E-state index is -3.42. The number of rotatable bonds is 4. The number of sulfonamides is 1. The monoisotopic (exact) mass is 323 g/mol. The highest BCUT2D eigenvalue weighted by atomic mass is 32.2. The zero-order valence-electron chi connectivity index (χ0n) is 12.9. The Balaban J connectivity index is 1.98. The van der Waals surface area contributed by atoms with Crippen LogP contribution in [0.15, 0.2) is 40.8 Å². The second-order valence-electron chi connectivity index (χ2n) is 5.38. The van der Waals surface area contributed by atoms with Gasteiger partial charge >= 0.3 is 5.97 Å². The van der Waals surface area contributed by atoms with E-state index in [1.165, 1.54) is 11.2 Å². The van der Waals surface area contributed by atoms with Gasteiger partial charge in [0, 0.05) is 20.0 Å². The lowest BCUT2D eigenvalue weighted by Crippen LogP contribution is -2.36. The van der Waals surface area contributed by atoms with Crippen LogP contribution in [0.5, 0.6) is 0 Å². The molecule has 120 valence electrons. The lowest BCUT2D eigenvalue weighted by molar-refractivity contribution is -0.139. The lowest BCUT2D eigenvalue weighted by Gasteiger charge is -2.27. The molecule has 1 saturated heterocycles. The average Bonchev–Trinajstić information content (AvgIpc) is 2.48. The molecule has 0 radical (unpaired) electrons. The van der Waals surface area contributed by atoms with E-state index in [0.29, 0.717) is 30.8 Å².